The molecule has 0 radical (unpaired) electrons. The van der Waals surface area contributed by atoms with Crippen LogP contribution in [0.4, 0.5) is 0 Å². The number of H-pyrrole nitrogens is 1. The van der Waals surface area contributed by atoms with Crippen molar-refractivity contribution >= 4 is 17.4 Å². The lowest BCUT2D eigenvalue weighted by Crippen LogP contribution is -2.27. The number of aryl methyl sites for hydroxylation is 2. The molecule has 10 heavy (non-hydrogen) atoms. The van der Waals surface area contributed by atoms with Crippen LogP contribution in [0.1, 0.15) is 5.82 Å². The standard InChI is InChI=1S/C5H8N2.CNS/c1-5-6-3-4-7(5)2;2-1-3/h3-4H,1-2H3;/q;-1/p+1. The minimum Gasteiger partial charge on any atom is -0.753 e. The Labute approximate surface area is 65.2 Å². The molecule has 0 aliphatic heterocycles. The Balaban J connectivity index is 0.000000236. The maximum atomic E-state index is 7.13. The van der Waals surface area contributed by atoms with Gasteiger partial charge >= 0.3 is 0 Å². The molecular weight excluding hydrogens is 146 g/mol. The lowest BCUT2D eigenvalue weighted by molar-refractivity contribution is -0.676. The average Bonchev–Trinajstić information content (AvgIpc) is 2.19. The van der Waals surface area contributed by atoms with Crippen LogP contribution >= 0.6 is 12.2 Å². The first-order valence-electron chi connectivity index (χ1n) is 2.73. The normalized spacial score (nSPS) is 7.40. The van der Waals surface area contributed by atoms with Crippen LogP contribution in [-0.4, -0.2) is 10.1 Å². The molecule has 0 unspecified atom stereocenters. The van der Waals surface area contributed by atoms with Crippen molar-refractivity contribution in [2.75, 3.05) is 0 Å². The Morgan fingerprint density at radius 1 is 1.80 bits per heavy atom. The second-order valence-electron chi connectivity index (χ2n) is 1.75. The number of aromatic nitrogens is 2. The van der Waals surface area contributed by atoms with E-state index in [1.165, 1.54) is 11.0 Å². The molecule has 54 valence electrons. The predicted octanol–water partition coefficient (Wildman–Crippen LogP) is 0.806. The van der Waals surface area contributed by atoms with Gasteiger partial charge < -0.3 is 5.41 Å². The highest BCUT2D eigenvalue weighted by Crippen LogP contribution is 1.75. The van der Waals surface area contributed by atoms with Gasteiger partial charge in [0.2, 0.25) is 0 Å². The zero-order chi connectivity index (χ0) is 7.98. The molecule has 1 N–H and O–H groups in total. The summed E-state index contributed by atoms with van der Waals surface area (Å²) in [6.45, 7) is 2.03. The fraction of sp³-hybridized carbons (Fsp3) is 0.333. The molecular formula is C6H9N3S. The van der Waals surface area contributed by atoms with Gasteiger partial charge in [0.1, 0.15) is 12.4 Å². The van der Waals surface area contributed by atoms with Crippen molar-refractivity contribution in [2.24, 2.45) is 7.05 Å². The Morgan fingerprint density at radius 2 is 2.30 bits per heavy atom. The van der Waals surface area contributed by atoms with E-state index in [-0.39, 0.29) is 0 Å². The van der Waals surface area contributed by atoms with Crippen molar-refractivity contribution in [1.82, 2.24) is 4.98 Å². The zero-order valence-corrected chi connectivity index (χ0v) is 6.77. The Hall–Kier alpha value is -0.990. The van der Waals surface area contributed by atoms with Gasteiger partial charge in [-0.3, -0.25) is 0 Å². The Bertz CT molecular complexity index is 206. The van der Waals surface area contributed by atoms with Crippen LogP contribution in [0, 0.1) is 6.92 Å². The summed E-state index contributed by atoms with van der Waals surface area (Å²) < 4.78 is 2.03. The lowest BCUT2D eigenvalue weighted by atomic mass is 10.7. The van der Waals surface area contributed by atoms with Crippen molar-refractivity contribution in [1.29, 1.82) is 0 Å². The molecule has 0 saturated heterocycles. The molecule has 1 aromatic rings. The first-order chi connectivity index (χ1) is 4.72. The number of thiocarbonyl (C=S) groups is 1. The molecule has 3 nitrogen and oxygen atoms in total. The van der Waals surface area contributed by atoms with E-state index in [9.17, 15) is 0 Å². The van der Waals surface area contributed by atoms with Crippen LogP contribution in [-0.2, 0) is 7.05 Å². The van der Waals surface area contributed by atoms with Gasteiger partial charge in [-0.2, -0.15) is 5.16 Å². The molecule has 0 saturated carbocycles. The topological polar surface area (TPSA) is 42.0 Å². The maximum absolute atomic E-state index is 7.13. The van der Waals surface area contributed by atoms with Crippen molar-refractivity contribution in [3.63, 3.8) is 0 Å². The molecule has 0 fully saturated rings. The summed E-state index contributed by atoms with van der Waals surface area (Å²) in [7, 11) is 2.01. The summed E-state index contributed by atoms with van der Waals surface area (Å²) in [6.07, 6.45) is 3.89. The monoisotopic (exact) mass is 155 g/mol. The van der Waals surface area contributed by atoms with Gasteiger partial charge in [0.05, 0.1) is 7.05 Å². The number of nitrogens with zero attached hydrogens (tertiary/aromatic N) is 2. The third-order valence-corrected chi connectivity index (χ3v) is 1.12. The van der Waals surface area contributed by atoms with E-state index in [1.54, 1.807) is 0 Å². The van der Waals surface area contributed by atoms with Crippen LogP contribution in [0.5, 0.6) is 0 Å². The number of rotatable bonds is 0. The molecule has 4 heteroatoms. The molecule has 0 amide bonds. The highest BCUT2D eigenvalue weighted by atomic mass is 32.1. The average molecular weight is 155 g/mol. The number of hydrogen-bond donors (Lipinski definition) is 1. The van der Waals surface area contributed by atoms with E-state index in [1.807, 2.05) is 30.9 Å². The molecule has 0 aliphatic carbocycles. The number of aromatic amines is 1. The third-order valence-electron chi connectivity index (χ3n) is 1.12. The van der Waals surface area contributed by atoms with Crippen LogP contribution in [0.15, 0.2) is 12.4 Å². The van der Waals surface area contributed by atoms with Crippen molar-refractivity contribution in [2.45, 2.75) is 6.92 Å². The quantitative estimate of drug-likeness (QED) is 0.336. The van der Waals surface area contributed by atoms with E-state index in [4.69, 9.17) is 5.41 Å². The predicted molar refractivity (Wildman–Crippen MR) is 42.7 cm³/mol. The number of imidazole rings is 1. The number of nitrogens with one attached hydrogen (secondary N) is 1. The van der Waals surface area contributed by atoms with E-state index in [2.05, 4.69) is 17.2 Å². The van der Waals surface area contributed by atoms with Crippen LogP contribution in [0.3, 0.4) is 0 Å². The SMILES string of the molecule is Cc1[nH]cc[n+]1C.[N-]=C=S. The van der Waals surface area contributed by atoms with Crippen molar-refractivity contribution < 1.29 is 4.57 Å². The fourth-order valence-corrected chi connectivity index (χ4v) is 0.483. The lowest BCUT2D eigenvalue weighted by Gasteiger charge is -1.77. The first-order valence-corrected chi connectivity index (χ1v) is 3.14. The molecule has 0 aromatic carbocycles. The molecule has 0 spiro atoms. The van der Waals surface area contributed by atoms with Gasteiger partial charge in [-0.1, -0.05) is 12.2 Å². The Morgan fingerprint density at radius 3 is 2.40 bits per heavy atom. The summed E-state index contributed by atoms with van der Waals surface area (Å²) in [6, 6.07) is 0. The largest absolute Gasteiger partial charge is 0.753 e. The van der Waals surface area contributed by atoms with E-state index in [0.29, 0.717) is 0 Å². The van der Waals surface area contributed by atoms with Crippen molar-refractivity contribution in [3.8, 4) is 0 Å². The summed E-state index contributed by atoms with van der Waals surface area (Å²) in [5.74, 6) is 1.18. The van der Waals surface area contributed by atoms with E-state index >= 15 is 0 Å². The van der Waals surface area contributed by atoms with Gasteiger partial charge in [-0.25, -0.2) is 9.55 Å². The number of hydrogen-bond acceptors (Lipinski definition) is 1. The second kappa shape index (κ2) is 4.85. The molecule has 0 bridgehead atoms. The van der Waals surface area contributed by atoms with Gasteiger partial charge in [0, 0.05) is 6.92 Å². The zero-order valence-electron chi connectivity index (χ0n) is 5.96. The van der Waals surface area contributed by atoms with Gasteiger partial charge in [0.15, 0.2) is 0 Å². The smallest absolute Gasteiger partial charge is 0.250 e. The third kappa shape index (κ3) is 3.12. The number of isothiocyanates is 1. The fourth-order valence-electron chi connectivity index (χ4n) is 0.483. The first kappa shape index (κ1) is 9.01. The molecule has 0 aliphatic rings. The minimum atomic E-state index is 1.18. The highest BCUT2D eigenvalue weighted by Gasteiger charge is 1.93. The van der Waals surface area contributed by atoms with Gasteiger partial charge in [0.25, 0.3) is 5.82 Å². The van der Waals surface area contributed by atoms with Crippen molar-refractivity contribution in [3.05, 3.63) is 23.6 Å². The van der Waals surface area contributed by atoms with Crippen LogP contribution in [0.25, 0.3) is 5.41 Å². The van der Waals surface area contributed by atoms with E-state index in [0.717, 1.165) is 0 Å². The minimum absolute atomic E-state index is 1.18. The summed E-state index contributed by atoms with van der Waals surface area (Å²) >= 11 is 3.70. The van der Waals surface area contributed by atoms with Gasteiger partial charge in [-0.05, 0) is 0 Å². The molecule has 1 rings (SSSR count). The van der Waals surface area contributed by atoms with Crippen LogP contribution < -0.4 is 4.57 Å². The molecule has 1 heterocycles. The Kier molecular flexibility index (Phi) is 4.37. The maximum Gasteiger partial charge on any atom is 0.250 e. The van der Waals surface area contributed by atoms with E-state index < -0.39 is 0 Å². The molecule has 0 atom stereocenters. The highest BCUT2D eigenvalue weighted by molar-refractivity contribution is 7.78. The summed E-state index contributed by atoms with van der Waals surface area (Å²) in [5, 5.41) is 8.47. The second-order valence-corrected chi connectivity index (χ2v) is 1.93. The van der Waals surface area contributed by atoms with Crippen LogP contribution in [0.2, 0.25) is 0 Å². The van der Waals surface area contributed by atoms with Gasteiger partial charge in [-0.15, -0.1) is 0 Å². The summed E-state index contributed by atoms with van der Waals surface area (Å²) in [5.41, 5.74) is 0. The summed E-state index contributed by atoms with van der Waals surface area (Å²) in [4.78, 5) is 3.03. The molecule has 1 aromatic heterocycles.